The highest BCUT2D eigenvalue weighted by Crippen LogP contribution is 2.14. The lowest BCUT2D eigenvalue weighted by molar-refractivity contribution is 0.0395. The molecule has 1 heterocycles. The van der Waals surface area contributed by atoms with Gasteiger partial charge in [-0.2, -0.15) is 0 Å². The molecular formula is C13H21NO3. The topological polar surface area (TPSA) is 51.6 Å². The largest absolute Gasteiger partial charge is 0.489 e. The fourth-order valence-corrected chi connectivity index (χ4v) is 1.56. The SMILES string of the molecule is CC(C)Oc1cncc(CC(C)OCCO)c1. The molecule has 0 amide bonds. The summed E-state index contributed by atoms with van der Waals surface area (Å²) in [6.45, 7) is 6.38. The molecule has 4 heteroatoms. The fraction of sp³-hybridized carbons (Fsp3) is 0.615. The van der Waals surface area contributed by atoms with Gasteiger partial charge < -0.3 is 14.6 Å². The summed E-state index contributed by atoms with van der Waals surface area (Å²) < 4.78 is 11.0. The lowest BCUT2D eigenvalue weighted by Gasteiger charge is -2.13. The van der Waals surface area contributed by atoms with Crippen molar-refractivity contribution in [1.29, 1.82) is 0 Å². The van der Waals surface area contributed by atoms with Crippen molar-refractivity contribution in [3.8, 4) is 5.75 Å². The third-order valence-corrected chi connectivity index (χ3v) is 2.16. The van der Waals surface area contributed by atoms with Crippen molar-refractivity contribution in [1.82, 2.24) is 4.98 Å². The Balaban J connectivity index is 2.53. The molecule has 0 spiro atoms. The lowest BCUT2D eigenvalue weighted by Crippen LogP contribution is -2.14. The molecule has 0 bridgehead atoms. The van der Waals surface area contributed by atoms with Gasteiger partial charge in [0, 0.05) is 6.20 Å². The number of pyridine rings is 1. The van der Waals surface area contributed by atoms with Crippen LogP contribution >= 0.6 is 0 Å². The summed E-state index contributed by atoms with van der Waals surface area (Å²) in [6.07, 6.45) is 4.50. The second-order valence-corrected chi connectivity index (χ2v) is 4.30. The highest BCUT2D eigenvalue weighted by Gasteiger charge is 2.06. The van der Waals surface area contributed by atoms with Crippen LogP contribution in [0.4, 0.5) is 0 Å². The molecule has 1 aromatic rings. The van der Waals surface area contributed by atoms with Crippen LogP contribution in [-0.2, 0) is 11.2 Å². The maximum Gasteiger partial charge on any atom is 0.138 e. The number of aliphatic hydroxyl groups is 1. The van der Waals surface area contributed by atoms with Crippen LogP contribution in [0.25, 0.3) is 0 Å². The molecule has 1 N–H and O–H groups in total. The Morgan fingerprint density at radius 3 is 2.71 bits per heavy atom. The third-order valence-electron chi connectivity index (χ3n) is 2.16. The van der Waals surface area contributed by atoms with Gasteiger partial charge in [0.25, 0.3) is 0 Å². The number of rotatable bonds is 7. The number of hydrogen-bond acceptors (Lipinski definition) is 4. The third kappa shape index (κ3) is 5.65. The van der Waals surface area contributed by atoms with Crippen molar-refractivity contribution in [2.75, 3.05) is 13.2 Å². The Hall–Kier alpha value is -1.13. The smallest absolute Gasteiger partial charge is 0.138 e. The Morgan fingerprint density at radius 2 is 2.06 bits per heavy atom. The Bertz CT molecular complexity index is 328. The quantitative estimate of drug-likeness (QED) is 0.788. The zero-order chi connectivity index (χ0) is 12.7. The predicted molar refractivity (Wildman–Crippen MR) is 66.2 cm³/mol. The molecule has 1 unspecified atom stereocenters. The first kappa shape index (κ1) is 13.9. The van der Waals surface area contributed by atoms with Gasteiger partial charge in [0.15, 0.2) is 0 Å². The fourth-order valence-electron chi connectivity index (χ4n) is 1.56. The van der Waals surface area contributed by atoms with Gasteiger partial charge in [-0.15, -0.1) is 0 Å². The Morgan fingerprint density at radius 1 is 1.29 bits per heavy atom. The van der Waals surface area contributed by atoms with E-state index in [1.165, 1.54) is 0 Å². The monoisotopic (exact) mass is 239 g/mol. The zero-order valence-corrected chi connectivity index (χ0v) is 10.7. The summed E-state index contributed by atoms with van der Waals surface area (Å²) in [4.78, 5) is 4.14. The molecule has 0 saturated carbocycles. The average molecular weight is 239 g/mol. The molecule has 1 aromatic heterocycles. The summed E-state index contributed by atoms with van der Waals surface area (Å²) in [5.74, 6) is 0.784. The molecule has 17 heavy (non-hydrogen) atoms. The first-order valence-electron chi connectivity index (χ1n) is 5.95. The molecule has 0 saturated heterocycles. The molecule has 0 aliphatic carbocycles. The molecular weight excluding hydrogens is 218 g/mol. The molecule has 0 aromatic carbocycles. The van der Waals surface area contributed by atoms with Crippen molar-refractivity contribution in [3.63, 3.8) is 0 Å². The first-order chi connectivity index (χ1) is 8.11. The van der Waals surface area contributed by atoms with Gasteiger partial charge in [-0.1, -0.05) is 0 Å². The first-order valence-corrected chi connectivity index (χ1v) is 5.95. The summed E-state index contributed by atoms with van der Waals surface area (Å²) in [7, 11) is 0. The van der Waals surface area contributed by atoms with E-state index in [-0.39, 0.29) is 18.8 Å². The molecule has 1 atom stereocenters. The van der Waals surface area contributed by atoms with Crippen LogP contribution in [0.2, 0.25) is 0 Å². The minimum Gasteiger partial charge on any atom is -0.489 e. The predicted octanol–water partition coefficient (Wildman–Crippen LogP) is 1.81. The number of nitrogens with zero attached hydrogens (tertiary/aromatic N) is 1. The van der Waals surface area contributed by atoms with E-state index in [0.717, 1.165) is 17.7 Å². The second-order valence-electron chi connectivity index (χ2n) is 4.30. The maximum absolute atomic E-state index is 8.67. The molecule has 0 fully saturated rings. The number of aliphatic hydroxyl groups excluding tert-OH is 1. The van der Waals surface area contributed by atoms with Crippen molar-refractivity contribution in [3.05, 3.63) is 24.0 Å². The van der Waals surface area contributed by atoms with Crippen LogP contribution in [0, 0.1) is 0 Å². The standard InChI is InChI=1S/C13H21NO3/c1-10(2)17-13-7-12(8-14-9-13)6-11(3)16-5-4-15/h7-11,15H,4-6H2,1-3H3. The van der Waals surface area contributed by atoms with Crippen LogP contribution in [-0.4, -0.2) is 35.5 Å². The average Bonchev–Trinajstić information content (AvgIpc) is 2.26. The van der Waals surface area contributed by atoms with E-state index >= 15 is 0 Å². The maximum atomic E-state index is 8.67. The van der Waals surface area contributed by atoms with E-state index in [0.29, 0.717) is 6.61 Å². The summed E-state index contributed by atoms with van der Waals surface area (Å²) in [6, 6.07) is 1.98. The normalized spacial score (nSPS) is 12.8. The van der Waals surface area contributed by atoms with E-state index in [4.69, 9.17) is 14.6 Å². The van der Waals surface area contributed by atoms with Gasteiger partial charge >= 0.3 is 0 Å². The van der Waals surface area contributed by atoms with Crippen LogP contribution in [0.5, 0.6) is 5.75 Å². The van der Waals surface area contributed by atoms with Crippen molar-refractivity contribution < 1.29 is 14.6 Å². The molecule has 0 radical (unpaired) electrons. The summed E-state index contributed by atoms with van der Waals surface area (Å²) in [5, 5.41) is 8.67. The molecule has 1 rings (SSSR count). The molecule has 0 aliphatic heterocycles. The van der Waals surface area contributed by atoms with Gasteiger partial charge in [-0.3, -0.25) is 4.98 Å². The van der Waals surface area contributed by atoms with E-state index < -0.39 is 0 Å². The van der Waals surface area contributed by atoms with Gasteiger partial charge in [-0.05, 0) is 38.8 Å². The van der Waals surface area contributed by atoms with E-state index in [2.05, 4.69) is 4.98 Å². The van der Waals surface area contributed by atoms with Gasteiger partial charge in [0.2, 0.25) is 0 Å². The Kier molecular flexibility index (Phi) is 5.94. The number of hydrogen-bond donors (Lipinski definition) is 1. The second kappa shape index (κ2) is 7.25. The number of aromatic nitrogens is 1. The van der Waals surface area contributed by atoms with E-state index in [1.54, 1.807) is 6.20 Å². The molecule has 4 nitrogen and oxygen atoms in total. The minimum atomic E-state index is 0.0547. The van der Waals surface area contributed by atoms with Crippen LogP contribution in [0.1, 0.15) is 26.3 Å². The highest BCUT2D eigenvalue weighted by atomic mass is 16.5. The van der Waals surface area contributed by atoms with Gasteiger partial charge in [-0.25, -0.2) is 0 Å². The Labute approximate surface area is 103 Å². The van der Waals surface area contributed by atoms with Gasteiger partial charge in [0.1, 0.15) is 5.75 Å². The van der Waals surface area contributed by atoms with Gasteiger partial charge in [0.05, 0.1) is 31.6 Å². The minimum absolute atomic E-state index is 0.0547. The van der Waals surface area contributed by atoms with E-state index in [1.807, 2.05) is 33.0 Å². The highest BCUT2D eigenvalue weighted by molar-refractivity contribution is 5.24. The van der Waals surface area contributed by atoms with Crippen molar-refractivity contribution in [2.24, 2.45) is 0 Å². The van der Waals surface area contributed by atoms with Crippen LogP contribution in [0.3, 0.4) is 0 Å². The molecule has 0 aliphatic rings. The lowest BCUT2D eigenvalue weighted by atomic mass is 10.1. The summed E-state index contributed by atoms with van der Waals surface area (Å²) >= 11 is 0. The van der Waals surface area contributed by atoms with Crippen molar-refractivity contribution >= 4 is 0 Å². The van der Waals surface area contributed by atoms with Crippen LogP contribution < -0.4 is 4.74 Å². The summed E-state index contributed by atoms with van der Waals surface area (Å²) in [5.41, 5.74) is 1.08. The number of ether oxygens (including phenoxy) is 2. The zero-order valence-electron chi connectivity index (χ0n) is 10.7. The van der Waals surface area contributed by atoms with Crippen molar-refractivity contribution in [2.45, 2.75) is 39.4 Å². The molecule has 96 valence electrons. The van der Waals surface area contributed by atoms with Crippen LogP contribution in [0.15, 0.2) is 18.5 Å². The van der Waals surface area contributed by atoms with E-state index in [9.17, 15) is 0 Å².